The fraction of sp³-hybridized carbons (Fsp3) is 0.444. The zero-order valence-electron chi connectivity index (χ0n) is 8.27. The van der Waals surface area contributed by atoms with Crippen molar-refractivity contribution in [1.82, 2.24) is 15.2 Å². The molecule has 3 amide bonds. The zero-order chi connectivity index (χ0) is 10.8. The average Bonchev–Trinajstić information content (AvgIpc) is 2.67. The Labute approximate surface area is 91.1 Å². The summed E-state index contributed by atoms with van der Waals surface area (Å²) in [4.78, 5) is 28.3. The highest BCUT2D eigenvalue weighted by atomic mass is 32.1. The molecule has 15 heavy (non-hydrogen) atoms. The normalized spacial score (nSPS) is 21.7. The van der Waals surface area contributed by atoms with E-state index in [0.717, 1.165) is 5.69 Å². The van der Waals surface area contributed by atoms with Gasteiger partial charge < -0.3 is 4.90 Å². The van der Waals surface area contributed by atoms with Gasteiger partial charge in [-0.15, -0.1) is 11.3 Å². The highest BCUT2D eigenvalue weighted by Gasteiger charge is 2.29. The first-order valence-corrected chi connectivity index (χ1v) is 5.58. The molecule has 0 spiro atoms. The number of imide groups is 1. The lowest BCUT2D eigenvalue weighted by atomic mass is 10.1. The number of thiazole rings is 1. The van der Waals surface area contributed by atoms with Gasteiger partial charge in [0.05, 0.1) is 23.7 Å². The molecule has 0 saturated carbocycles. The number of amides is 3. The predicted octanol–water partition coefficient (Wildman–Crippen LogP) is 0.831. The Morgan fingerprint density at radius 2 is 2.47 bits per heavy atom. The van der Waals surface area contributed by atoms with Gasteiger partial charge in [-0.25, -0.2) is 9.78 Å². The van der Waals surface area contributed by atoms with Crippen LogP contribution >= 0.6 is 11.3 Å². The smallest absolute Gasteiger partial charge is 0.318 e. The van der Waals surface area contributed by atoms with Gasteiger partial charge in [0.2, 0.25) is 5.91 Å². The van der Waals surface area contributed by atoms with Crippen molar-refractivity contribution in [2.45, 2.75) is 13.5 Å². The van der Waals surface area contributed by atoms with E-state index < -0.39 is 0 Å². The maximum absolute atomic E-state index is 11.4. The number of carbonyl (C=O) groups is 2. The van der Waals surface area contributed by atoms with E-state index in [-0.39, 0.29) is 17.9 Å². The number of rotatable bonds is 2. The summed E-state index contributed by atoms with van der Waals surface area (Å²) in [6, 6.07) is -0.328. The number of carbonyl (C=O) groups excluding carboxylic acids is 2. The van der Waals surface area contributed by atoms with Crippen molar-refractivity contribution < 1.29 is 9.59 Å². The summed E-state index contributed by atoms with van der Waals surface area (Å²) in [5.41, 5.74) is 2.59. The molecule has 1 fully saturated rings. The summed E-state index contributed by atoms with van der Waals surface area (Å²) in [6.07, 6.45) is 0. The molecular formula is C9H11N3O2S. The number of aromatic nitrogens is 1. The second kappa shape index (κ2) is 3.98. The molecule has 1 N–H and O–H groups in total. The minimum absolute atomic E-state index is 0.152. The van der Waals surface area contributed by atoms with E-state index in [4.69, 9.17) is 0 Å². The Kier molecular flexibility index (Phi) is 2.68. The van der Waals surface area contributed by atoms with Gasteiger partial charge >= 0.3 is 6.03 Å². The summed E-state index contributed by atoms with van der Waals surface area (Å²) in [7, 11) is 0. The molecule has 1 aromatic heterocycles. The van der Waals surface area contributed by atoms with E-state index in [1.807, 2.05) is 5.38 Å². The quantitative estimate of drug-likeness (QED) is 0.811. The van der Waals surface area contributed by atoms with Gasteiger partial charge in [0.25, 0.3) is 0 Å². The van der Waals surface area contributed by atoms with Gasteiger partial charge in [0.15, 0.2) is 0 Å². The predicted molar refractivity (Wildman–Crippen MR) is 55.2 cm³/mol. The standard InChI is InChI=1S/C9H11N3O2S/c1-6-2-12(9(14)11-8(6)13)3-7-4-15-5-10-7/h4-6H,2-3H2,1H3,(H,11,13,14). The first kappa shape index (κ1) is 10.1. The molecule has 1 atom stereocenters. The molecule has 0 aromatic carbocycles. The van der Waals surface area contributed by atoms with Crippen LogP contribution in [0.5, 0.6) is 0 Å². The van der Waals surface area contributed by atoms with Crippen LogP contribution in [-0.4, -0.2) is 28.4 Å². The monoisotopic (exact) mass is 225 g/mol. The molecule has 80 valence electrons. The van der Waals surface area contributed by atoms with E-state index in [2.05, 4.69) is 10.3 Å². The lowest BCUT2D eigenvalue weighted by molar-refractivity contribution is -0.125. The van der Waals surface area contributed by atoms with Gasteiger partial charge in [-0.05, 0) is 0 Å². The Morgan fingerprint density at radius 3 is 3.13 bits per heavy atom. The lowest BCUT2D eigenvalue weighted by Gasteiger charge is -2.29. The van der Waals surface area contributed by atoms with E-state index in [9.17, 15) is 9.59 Å². The third-order valence-electron chi connectivity index (χ3n) is 2.30. The Morgan fingerprint density at radius 1 is 1.67 bits per heavy atom. The summed E-state index contributed by atoms with van der Waals surface area (Å²) < 4.78 is 0. The minimum atomic E-state index is -0.328. The number of nitrogens with zero attached hydrogens (tertiary/aromatic N) is 2. The van der Waals surface area contributed by atoms with Gasteiger partial charge in [-0.2, -0.15) is 0 Å². The molecule has 0 aliphatic carbocycles. The summed E-state index contributed by atoms with van der Waals surface area (Å²) >= 11 is 1.49. The molecule has 6 heteroatoms. The molecule has 5 nitrogen and oxygen atoms in total. The molecule has 0 radical (unpaired) electrons. The van der Waals surface area contributed by atoms with Crippen LogP contribution in [0.4, 0.5) is 4.79 Å². The average molecular weight is 225 g/mol. The van der Waals surface area contributed by atoms with Crippen molar-refractivity contribution in [3.8, 4) is 0 Å². The van der Waals surface area contributed by atoms with Crippen LogP contribution in [0.2, 0.25) is 0 Å². The second-order valence-electron chi connectivity index (χ2n) is 3.56. The number of nitrogens with one attached hydrogen (secondary N) is 1. The molecular weight excluding hydrogens is 214 g/mol. The van der Waals surface area contributed by atoms with Gasteiger partial charge in [-0.1, -0.05) is 6.92 Å². The molecule has 2 heterocycles. The van der Waals surface area contributed by atoms with Crippen molar-refractivity contribution >= 4 is 23.3 Å². The summed E-state index contributed by atoms with van der Waals surface area (Å²) in [5, 5.41) is 4.21. The molecule has 1 aliphatic heterocycles. The summed E-state index contributed by atoms with van der Waals surface area (Å²) in [5.74, 6) is -0.351. The topological polar surface area (TPSA) is 62.3 Å². The third kappa shape index (κ3) is 2.15. The minimum Gasteiger partial charge on any atom is -0.318 e. The van der Waals surface area contributed by atoms with Crippen LogP contribution < -0.4 is 5.32 Å². The number of hydrogen-bond acceptors (Lipinski definition) is 4. The van der Waals surface area contributed by atoms with Crippen molar-refractivity contribution in [2.24, 2.45) is 5.92 Å². The van der Waals surface area contributed by atoms with Gasteiger partial charge in [-0.3, -0.25) is 10.1 Å². The largest absolute Gasteiger partial charge is 0.324 e. The molecule has 1 aliphatic rings. The van der Waals surface area contributed by atoms with Gasteiger partial charge in [0, 0.05) is 11.9 Å². The Bertz CT molecular complexity index is 377. The second-order valence-corrected chi connectivity index (χ2v) is 4.27. The van der Waals surface area contributed by atoms with E-state index in [1.54, 1.807) is 17.3 Å². The molecule has 1 aromatic rings. The van der Waals surface area contributed by atoms with E-state index >= 15 is 0 Å². The highest BCUT2D eigenvalue weighted by molar-refractivity contribution is 7.07. The molecule has 2 rings (SSSR count). The van der Waals surface area contributed by atoms with Crippen molar-refractivity contribution in [3.05, 3.63) is 16.6 Å². The molecule has 0 bridgehead atoms. The fourth-order valence-corrected chi connectivity index (χ4v) is 2.00. The third-order valence-corrected chi connectivity index (χ3v) is 2.93. The molecule has 1 saturated heterocycles. The number of hydrogen-bond donors (Lipinski definition) is 1. The maximum Gasteiger partial charge on any atom is 0.324 e. The van der Waals surface area contributed by atoms with Crippen LogP contribution in [-0.2, 0) is 11.3 Å². The van der Waals surface area contributed by atoms with Crippen LogP contribution in [0.25, 0.3) is 0 Å². The van der Waals surface area contributed by atoms with Crippen LogP contribution in [0.3, 0.4) is 0 Å². The first-order chi connectivity index (χ1) is 7.16. The van der Waals surface area contributed by atoms with Crippen LogP contribution in [0.1, 0.15) is 12.6 Å². The molecule has 1 unspecified atom stereocenters. The summed E-state index contributed by atoms with van der Waals surface area (Å²) in [6.45, 7) is 2.73. The van der Waals surface area contributed by atoms with Crippen LogP contribution in [0, 0.1) is 5.92 Å². The maximum atomic E-state index is 11.4. The van der Waals surface area contributed by atoms with Gasteiger partial charge in [0.1, 0.15) is 0 Å². The van der Waals surface area contributed by atoms with E-state index in [1.165, 1.54) is 11.3 Å². The Hall–Kier alpha value is -1.43. The fourth-order valence-electron chi connectivity index (χ4n) is 1.45. The zero-order valence-corrected chi connectivity index (χ0v) is 9.08. The SMILES string of the molecule is CC1CN(Cc2cscn2)C(=O)NC1=O. The van der Waals surface area contributed by atoms with Crippen molar-refractivity contribution in [2.75, 3.05) is 6.54 Å². The van der Waals surface area contributed by atoms with Crippen molar-refractivity contribution in [1.29, 1.82) is 0 Å². The first-order valence-electron chi connectivity index (χ1n) is 4.63. The Balaban J connectivity index is 2.03. The van der Waals surface area contributed by atoms with Crippen LogP contribution in [0.15, 0.2) is 10.9 Å². The lowest BCUT2D eigenvalue weighted by Crippen LogP contribution is -2.53. The highest BCUT2D eigenvalue weighted by Crippen LogP contribution is 2.12. The van der Waals surface area contributed by atoms with Crippen molar-refractivity contribution in [3.63, 3.8) is 0 Å². The number of urea groups is 1. The van der Waals surface area contributed by atoms with E-state index in [0.29, 0.717) is 13.1 Å².